The molecule has 1 aliphatic heterocycles. The number of aromatic nitrogens is 2. The van der Waals surface area contributed by atoms with Gasteiger partial charge in [-0.1, -0.05) is 16.5 Å². The summed E-state index contributed by atoms with van der Waals surface area (Å²) in [6.07, 6.45) is 2.04. The minimum absolute atomic E-state index is 0.139. The fourth-order valence-corrected chi connectivity index (χ4v) is 3.98. The van der Waals surface area contributed by atoms with Crippen LogP contribution < -0.4 is 14.3 Å². The Morgan fingerprint density at radius 1 is 1.36 bits per heavy atom. The number of hydrogen-bond donors (Lipinski definition) is 0. The molecule has 1 amide bonds. The van der Waals surface area contributed by atoms with Crippen molar-refractivity contribution in [3.8, 4) is 11.5 Å². The van der Waals surface area contributed by atoms with Crippen molar-refractivity contribution in [1.29, 1.82) is 0 Å². The number of fused-ring (bicyclic) bond motifs is 2. The fourth-order valence-electron chi connectivity index (χ4n) is 2.55. The first-order valence-corrected chi connectivity index (χ1v) is 9.81. The van der Waals surface area contributed by atoms with Crippen LogP contribution >= 0.6 is 23.1 Å². The number of hydrogen-bond acceptors (Lipinski definition) is 7. The molecule has 0 fully saturated rings. The summed E-state index contributed by atoms with van der Waals surface area (Å²) in [7, 11) is 0. The maximum absolute atomic E-state index is 12.4. The zero-order chi connectivity index (χ0) is 17.4. The second-order valence-corrected chi connectivity index (χ2v) is 7.45. The molecule has 0 saturated heterocycles. The lowest BCUT2D eigenvalue weighted by atomic mass is 10.3. The standard InChI is InChI=1S/C16H15N3O4S2/c1-9-5-13(23-18-9)15(20)17-16-19(3-4-24-2)10-6-11-12(22-8-21-11)7-14(10)25-16/h5-7H,3-4,8H2,1-2H3. The molecular weight excluding hydrogens is 362 g/mol. The summed E-state index contributed by atoms with van der Waals surface area (Å²) in [5.41, 5.74) is 1.62. The molecule has 0 bridgehead atoms. The van der Waals surface area contributed by atoms with Gasteiger partial charge in [0, 0.05) is 30.5 Å². The van der Waals surface area contributed by atoms with E-state index in [1.54, 1.807) is 24.8 Å². The van der Waals surface area contributed by atoms with Gasteiger partial charge in [0.2, 0.25) is 12.6 Å². The molecule has 0 saturated carbocycles. The van der Waals surface area contributed by atoms with Gasteiger partial charge in [-0.05, 0) is 13.2 Å². The minimum Gasteiger partial charge on any atom is -0.454 e. The highest BCUT2D eigenvalue weighted by Gasteiger charge is 2.18. The molecule has 4 rings (SSSR count). The van der Waals surface area contributed by atoms with Crippen LogP contribution in [0.3, 0.4) is 0 Å². The van der Waals surface area contributed by atoms with Gasteiger partial charge in [0.25, 0.3) is 0 Å². The van der Waals surface area contributed by atoms with Crippen molar-refractivity contribution in [2.24, 2.45) is 4.99 Å². The lowest BCUT2D eigenvalue weighted by Gasteiger charge is -2.04. The van der Waals surface area contributed by atoms with Crippen LogP contribution in [0.25, 0.3) is 10.2 Å². The van der Waals surface area contributed by atoms with Crippen LogP contribution in [0.1, 0.15) is 16.2 Å². The average Bonchev–Trinajstić information content (AvgIpc) is 3.29. The summed E-state index contributed by atoms with van der Waals surface area (Å²) in [6.45, 7) is 2.74. The van der Waals surface area contributed by atoms with Crippen LogP contribution in [0.4, 0.5) is 0 Å². The van der Waals surface area contributed by atoms with Gasteiger partial charge in [0.05, 0.1) is 15.9 Å². The second-order valence-electron chi connectivity index (χ2n) is 5.45. The van der Waals surface area contributed by atoms with Gasteiger partial charge in [-0.15, -0.1) is 0 Å². The van der Waals surface area contributed by atoms with E-state index in [4.69, 9.17) is 14.0 Å². The van der Waals surface area contributed by atoms with Crippen molar-refractivity contribution >= 4 is 39.2 Å². The van der Waals surface area contributed by atoms with Crippen molar-refractivity contribution in [1.82, 2.24) is 9.72 Å². The zero-order valence-electron chi connectivity index (χ0n) is 13.6. The molecular formula is C16H15N3O4S2. The molecule has 130 valence electrons. The maximum atomic E-state index is 12.4. The summed E-state index contributed by atoms with van der Waals surface area (Å²) in [5.74, 6) is 2.04. The Morgan fingerprint density at radius 2 is 2.16 bits per heavy atom. The smallest absolute Gasteiger partial charge is 0.318 e. The summed E-state index contributed by atoms with van der Waals surface area (Å²) >= 11 is 3.17. The Balaban J connectivity index is 1.84. The van der Waals surface area contributed by atoms with Crippen LogP contribution in [-0.2, 0) is 6.54 Å². The van der Waals surface area contributed by atoms with E-state index in [1.807, 2.05) is 23.0 Å². The normalized spacial score (nSPS) is 13.8. The van der Waals surface area contributed by atoms with E-state index in [9.17, 15) is 4.79 Å². The molecule has 0 atom stereocenters. The van der Waals surface area contributed by atoms with Crippen molar-refractivity contribution < 1.29 is 18.8 Å². The Kier molecular flexibility index (Phi) is 4.26. The number of thiazole rings is 1. The first kappa shape index (κ1) is 16.2. The van der Waals surface area contributed by atoms with E-state index in [1.165, 1.54) is 11.3 Å². The molecule has 7 nitrogen and oxygen atoms in total. The lowest BCUT2D eigenvalue weighted by molar-refractivity contribution is 0.0962. The number of thioether (sulfide) groups is 1. The fraction of sp³-hybridized carbons (Fsp3) is 0.312. The maximum Gasteiger partial charge on any atom is 0.318 e. The van der Waals surface area contributed by atoms with Gasteiger partial charge in [-0.3, -0.25) is 4.79 Å². The number of nitrogens with zero attached hydrogens (tertiary/aromatic N) is 3. The molecule has 3 aromatic rings. The second kappa shape index (κ2) is 6.57. The summed E-state index contributed by atoms with van der Waals surface area (Å²) in [5, 5.41) is 3.74. The van der Waals surface area contributed by atoms with Gasteiger partial charge in [-0.25, -0.2) is 0 Å². The van der Waals surface area contributed by atoms with E-state index in [-0.39, 0.29) is 12.6 Å². The molecule has 0 unspecified atom stereocenters. The molecule has 1 aromatic carbocycles. The van der Waals surface area contributed by atoms with Gasteiger partial charge in [0.15, 0.2) is 16.3 Å². The molecule has 25 heavy (non-hydrogen) atoms. The SMILES string of the molecule is CSCCn1c(=NC(=O)c2cc(C)no2)sc2cc3c(cc21)OCO3. The number of carbonyl (C=O) groups excluding carboxylic acids is 1. The monoisotopic (exact) mass is 377 g/mol. The summed E-state index contributed by atoms with van der Waals surface area (Å²) in [4.78, 5) is 17.2. The molecule has 0 spiro atoms. The van der Waals surface area contributed by atoms with E-state index >= 15 is 0 Å². The van der Waals surface area contributed by atoms with Gasteiger partial charge < -0.3 is 18.6 Å². The van der Waals surface area contributed by atoms with Crippen molar-refractivity contribution in [3.63, 3.8) is 0 Å². The predicted octanol–water partition coefficient (Wildman–Crippen LogP) is 2.83. The Morgan fingerprint density at radius 3 is 2.88 bits per heavy atom. The van der Waals surface area contributed by atoms with Crippen LogP contribution in [0, 0.1) is 6.92 Å². The molecule has 0 aliphatic carbocycles. The van der Waals surface area contributed by atoms with E-state index in [0.29, 0.717) is 16.2 Å². The van der Waals surface area contributed by atoms with Crippen LogP contribution in [0.2, 0.25) is 0 Å². The van der Waals surface area contributed by atoms with Crippen molar-refractivity contribution in [2.45, 2.75) is 13.5 Å². The van der Waals surface area contributed by atoms with Crippen molar-refractivity contribution in [2.75, 3.05) is 18.8 Å². The van der Waals surface area contributed by atoms with Gasteiger partial charge >= 0.3 is 5.91 Å². The number of amides is 1. The Hall–Kier alpha value is -2.26. The molecule has 2 aromatic heterocycles. The molecule has 0 N–H and O–H groups in total. The summed E-state index contributed by atoms with van der Waals surface area (Å²) < 4.78 is 18.9. The highest BCUT2D eigenvalue weighted by molar-refractivity contribution is 7.98. The third-order valence-electron chi connectivity index (χ3n) is 3.73. The molecule has 0 radical (unpaired) electrons. The Labute approximate surface area is 151 Å². The van der Waals surface area contributed by atoms with Crippen molar-refractivity contribution in [3.05, 3.63) is 34.5 Å². The largest absolute Gasteiger partial charge is 0.454 e. The molecule has 9 heteroatoms. The number of ether oxygens (including phenoxy) is 2. The van der Waals surface area contributed by atoms with Gasteiger partial charge in [-0.2, -0.15) is 16.8 Å². The number of benzene rings is 1. The highest BCUT2D eigenvalue weighted by atomic mass is 32.2. The molecule has 3 heterocycles. The first-order valence-electron chi connectivity index (χ1n) is 7.60. The highest BCUT2D eigenvalue weighted by Crippen LogP contribution is 2.37. The summed E-state index contributed by atoms with van der Waals surface area (Å²) in [6, 6.07) is 5.46. The average molecular weight is 377 g/mol. The molecule has 1 aliphatic rings. The van der Waals surface area contributed by atoms with Crippen LogP contribution in [0.15, 0.2) is 27.7 Å². The Bertz CT molecular complexity index is 1020. The van der Waals surface area contributed by atoms with Gasteiger partial charge in [0.1, 0.15) is 0 Å². The topological polar surface area (TPSA) is 78.9 Å². The number of aryl methyl sites for hydroxylation is 2. The number of carbonyl (C=O) groups is 1. The van der Waals surface area contributed by atoms with E-state index in [2.05, 4.69) is 10.1 Å². The third-order valence-corrected chi connectivity index (χ3v) is 5.36. The van der Waals surface area contributed by atoms with E-state index < -0.39 is 5.91 Å². The zero-order valence-corrected chi connectivity index (χ0v) is 15.3. The van der Waals surface area contributed by atoms with Crippen LogP contribution in [-0.4, -0.2) is 34.4 Å². The minimum atomic E-state index is -0.440. The quantitative estimate of drug-likeness (QED) is 0.696. The lowest BCUT2D eigenvalue weighted by Crippen LogP contribution is -2.18. The van der Waals surface area contributed by atoms with Crippen LogP contribution in [0.5, 0.6) is 11.5 Å². The first-order chi connectivity index (χ1) is 12.2. The predicted molar refractivity (Wildman–Crippen MR) is 95.5 cm³/mol. The number of rotatable bonds is 4. The van der Waals surface area contributed by atoms with E-state index in [0.717, 1.165) is 28.3 Å². The third kappa shape index (κ3) is 3.05.